The number of nitrogens with one attached hydrogen (secondary N) is 2. The number of para-hydroxylation sites is 1. The SMILES string of the molecule is Cc1ccc(S(=O)(=O)NCCNC(=O)/C=C/c2cccc3cccnc23)cc1. The topological polar surface area (TPSA) is 88.2 Å². The highest BCUT2D eigenvalue weighted by Gasteiger charge is 2.12. The van der Waals surface area contributed by atoms with Gasteiger partial charge in [0.15, 0.2) is 0 Å². The van der Waals surface area contributed by atoms with E-state index in [1.54, 1.807) is 36.5 Å². The number of hydrogen-bond acceptors (Lipinski definition) is 4. The van der Waals surface area contributed by atoms with E-state index in [1.807, 2.05) is 37.3 Å². The van der Waals surface area contributed by atoms with E-state index >= 15 is 0 Å². The summed E-state index contributed by atoms with van der Waals surface area (Å²) in [6.07, 6.45) is 4.82. The second-order valence-electron chi connectivity index (χ2n) is 6.26. The molecule has 1 amide bonds. The predicted molar refractivity (Wildman–Crippen MR) is 110 cm³/mol. The van der Waals surface area contributed by atoms with Crippen LogP contribution in [0.3, 0.4) is 0 Å². The molecule has 6 nitrogen and oxygen atoms in total. The van der Waals surface area contributed by atoms with Gasteiger partial charge in [-0.15, -0.1) is 0 Å². The fourth-order valence-corrected chi connectivity index (χ4v) is 3.69. The van der Waals surface area contributed by atoms with E-state index in [2.05, 4.69) is 15.0 Å². The van der Waals surface area contributed by atoms with Gasteiger partial charge in [-0.25, -0.2) is 13.1 Å². The Balaban J connectivity index is 1.52. The molecule has 0 radical (unpaired) electrons. The molecule has 2 N–H and O–H groups in total. The fourth-order valence-electron chi connectivity index (χ4n) is 2.66. The Hall–Kier alpha value is -3.03. The third-order valence-corrected chi connectivity index (χ3v) is 5.60. The summed E-state index contributed by atoms with van der Waals surface area (Å²) in [6, 6.07) is 16.2. The van der Waals surface area contributed by atoms with Crippen LogP contribution in [-0.4, -0.2) is 32.4 Å². The number of carbonyl (C=O) groups excluding carboxylic acids is 1. The summed E-state index contributed by atoms with van der Waals surface area (Å²) in [6.45, 7) is 2.18. The molecule has 0 saturated carbocycles. The van der Waals surface area contributed by atoms with Gasteiger partial charge in [0.25, 0.3) is 0 Å². The van der Waals surface area contributed by atoms with Crippen molar-refractivity contribution in [1.82, 2.24) is 15.0 Å². The monoisotopic (exact) mass is 395 g/mol. The van der Waals surface area contributed by atoms with Crippen molar-refractivity contribution in [3.8, 4) is 0 Å². The highest BCUT2D eigenvalue weighted by molar-refractivity contribution is 7.89. The lowest BCUT2D eigenvalue weighted by molar-refractivity contribution is -0.116. The maximum Gasteiger partial charge on any atom is 0.244 e. The number of benzene rings is 2. The zero-order chi connectivity index (χ0) is 20.0. The molecule has 7 heteroatoms. The molecule has 3 rings (SSSR count). The van der Waals surface area contributed by atoms with Crippen molar-refractivity contribution in [2.75, 3.05) is 13.1 Å². The van der Waals surface area contributed by atoms with Gasteiger partial charge in [0.1, 0.15) is 0 Å². The molecular formula is C21H21N3O3S. The van der Waals surface area contributed by atoms with Crippen LogP contribution in [0.15, 0.2) is 71.8 Å². The first kappa shape index (κ1) is 19.7. The molecule has 1 heterocycles. The summed E-state index contributed by atoms with van der Waals surface area (Å²) >= 11 is 0. The van der Waals surface area contributed by atoms with Crippen LogP contribution in [0.2, 0.25) is 0 Å². The Morgan fingerprint density at radius 3 is 2.57 bits per heavy atom. The molecule has 0 atom stereocenters. The molecule has 0 spiro atoms. The van der Waals surface area contributed by atoms with Crippen LogP contribution in [0.4, 0.5) is 0 Å². The van der Waals surface area contributed by atoms with Gasteiger partial charge < -0.3 is 5.32 Å². The van der Waals surface area contributed by atoms with Gasteiger partial charge in [-0.3, -0.25) is 9.78 Å². The van der Waals surface area contributed by atoms with Crippen molar-refractivity contribution >= 4 is 32.9 Å². The number of nitrogens with zero attached hydrogens (tertiary/aromatic N) is 1. The van der Waals surface area contributed by atoms with Crippen LogP contribution >= 0.6 is 0 Å². The van der Waals surface area contributed by atoms with Gasteiger partial charge in [0.05, 0.1) is 10.4 Å². The first-order valence-corrected chi connectivity index (χ1v) is 10.3. The number of aryl methyl sites for hydroxylation is 1. The van der Waals surface area contributed by atoms with E-state index in [-0.39, 0.29) is 23.9 Å². The Morgan fingerprint density at radius 1 is 1.04 bits per heavy atom. The number of aromatic nitrogens is 1. The highest BCUT2D eigenvalue weighted by atomic mass is 32.2. The van der Waals surface area contributed by atoms with E-state index in [4.69, 9.17) is 0 Å². The first-order chi connectivity index (χ1) is 13.5. The number of amides is 1. The molecule has 2 aromatic carbocycles. The molecule has 3 aromatic rings. The van der Waals surface area contributed by atoms with Crippen LogP contribution in [0.25, 0.3) is 17.0 Å². The lowest BCUT2D eigenvalue weighted by Crippen LogP contribution is -2.34. The zero-order valence-electron chi connectivity index (χ0n) is 15.4. The molecular weight excluding hydrogens is 374 g/mol. The third kappa shape index (κ3) is 5.03. The molecule has 0 unspecified atom stereocenters. The molecule has 0 aliphatic rings. The van der Waals surface area contributed by atoms with Gasteiger partial charge >= 0.3 is 0 Å². The third-order valence-electron chi connectivity index (χ3n) is 4.13. The maximum absolute atomic E-state index is 12.2. The fraction of sp³-hybridized carbons (Fsp3) is 0.143. The lowest BCUT2D eigenvalue weighted by Gasteiger charge is -2.07. The molecule has 0 fully saturated rings. The van der Waals surface area contributed by atoms with Crippen molar-refractivity contribution in [2.45, 2.75) is 11.8 Å². The van der Waals surface area contributed by atoms with Gasteiger partial charge in [0.2, 0.25) is 15.9 Å². The van der Waals surface area contributed by atoms with Crippen molar-refractivity contribution < 1.29 is 13.2 Å². The van der Waals surface area contributed by atoms with Crippen LogP contribution in [-0.2, 0) is 14.8 Å². The number of fused-ring (bicyclic) bond motifs is 1. The largest absolute Gasteiger partial charge is 0.351 e. The van der Waals surface area contributed by atoms with Crippen molar-refractivity contribution in [1.29, 1.82) is 0 Å². The van der Waals surface area contributed by atoms with Crippen LogP contribution in [0.1, 0.15) is 11.1 Å². The van der Waals surface area contributed by atoms with Gasteiger partial charge in [-0.2, -0.15) is 0 Å². The Morgan fingerprint density at radius 2 is 1.79 bits per heavy atom. The number of hydrogen-bond donors (Lipinski definition) is 2. The number of pyridine rings is 1. The Labute approximate surface area is 164 Å². The van der Waals surface area contributed by atoms with Crippen LogP contribution in [0.5, 0.6) is 0 Å². The first-order valence-electron chi connectivity index (χ1n) is 8.82. The average molecular weight is 395 g/mol. The molecule has 0 aliphatic heterocycles. The van der Waals surface area contributed by atoms with Gasteiger partial charge in [-0.05, 0) is 31.2 Å². The van der Waals surface area contributed by atoms with Crippen molar-refractivity contribution in [3.63, 3.8) is 0 Å². The summed E-state index contributed by atoms with van der Waals surface area (Å²) in [5.74, 6) is -0.303. The smallest absolute Gasteiger partial charge is 0.244 e. The zero-order valence-corrected chi connectivity index (χ0v) is 16.2. The number of rotatable bonds is 7. The highest BCUT2D eigenvalue weighted by Crippen LogP contribution is 2.17. The summed E-state index contributed by atoms with van der Waals surface area (Å²) in [7, 11) is -3.58. The molecule has 0 aliphatic carbocycles. The van der Waals surface area contributed by atoms with Crippen LogP contribution in [0, 0.1) is 6.92 Å². The van der Waals surface area contributed by atoms with E-state index in [1.165, 1.54) is 6.08 Å². The number of sulfonamides is 1. The maximum atomic E-state index is 12.2. The van der Waals surface area contributed by atoms with Gasteiger partial charge in [-0.1, -0.05) is 42.0 Å². The average Bonchev–Trinajstić information content (AvgIpc) is 2.70. The minimum atomic E-state index is -3.58. The Kier molecular flexibility index (Phi) is 6.18. The van der Waals surface area contributed by atoms with Crippen LogP contribution < -0.4 is 10.0 Å². The molecule has 0 bridgehead atoms. The number of carbonyl (C=O) groups is 1. The molecule has 144 valence electrons. The summed E-state index contributed by atoms with van der Waals surface area (Å²) in [4.78, 5) is 16.5. The molecule has 0 saturated heterocycles. The van der Waals surface area contributed by atoms with Crippen molar-refractivity contribution in [2.24, 2.45) is 0 Å². The van der Waals surface area contributed by atoms with E-state index in [0.717, 1.165) is 22.0 Å². The van der Waals surface area contributed by atoms with Crippen molar-refractivity contribution in [3.05, 3.63) is 78.0 Å². The standard InChI is InChI=1S/C21H21N3O3S/c1-16-7-10-19(11-8-16)28(26,27)24-15-14-22-20(25)12-9-18-5-2-4-17-6-3-13-23-21(17)18/h2-13,24H,14-15H2,1H3,(H,22,25)/b12-9+. The van der Waals surface area contributed by atoms with E-state index in [9.17, 15) is 13.2 Å². The lowest BCUT2D eigenvalue weighted by atomic mass is 10.1. The summed E-state index contributed by atoms with van der Waals surface area (Å²) in [5.41, 5.74) is 2.65. The quantitative estimate of drug-likeness (QED) is 0.476. The minimum Gasteiger partial charge on any atom is -0.351 e. The summed E-state index contributed by atoms with van der Waals surface area (Å²) in [5, 5.41) is 3.66. The summed E-state index contributed by atoms with van der Waals surface area (Å²) < 4.78 is 26.8. The van der Waals surface area contributed by atoms with E-state index < -0.39 is 10.0 Å². The second kappa shape index (κ2) is 8.77. The minimum absolute atomic E-state index is 0.103. The molecule has 1 aromatic heterocycles. The van der Waals surface area contributed by atoms with E-state index in [0.29, 0.717) is 0 Å². The Bertz CT molecular complexity index is 1100. The normalized spacial score (nSPS) is 11.8. The second-order valence-corrected chi connectivity index (χ2v) is 8.02. The van der Waals surface area contributed by atoms with Gasteiger partial charge in [0, 0.05) is 36.3 Å². The molecule has 28 heavy (non-hydrogen) atoms. The predicted octanol–water partition coefficient (Wildman–Crippen LogP) is 2.65.